The molecular formula is C14H31N3O. The number of ether oxygens (including phenoxy) is 1. The van der Waals surface area contributed by atoms with Crippen LogP contribution in [0.2, 0.25) is 0 Å². The fraction of sp³-hybridized carbons (Fsp3) is 1.00. The molecule has 0 radical (unpaired) electrons. The Bertz CT molecular complexity index is 209. The molecule has 1 fully saturated rings. The van der Waals surface area contributed by atoms with Crippen molar-refractivity contribution >= 4 is 0 Å². The molecule has 2 atom stereocenters. The van der Waals surface area contributed by atoms with Crippen LogP contribution in [0.4, 0.5) is 0 Å². The zero-order valence-corrected chi connectivity index (χ0v) is 12.6. The van der Waals surface area contributed by atoms with Gasteiger partial charge < -0.3 is 10.1 Å². The van der Waals surface area contributed by atoms with E-state index in [1.165, 1.54) is 32.6 Å². The van der Waals surface area contributed by atoms with Crippen molar-refractivity contribution in [3.63, 3.8) is 0 Å². The molecular weight excluding hydrogens is 226 g/mol. The van der Waals surface area contributed by atoms with Gasteiger partial charge in [0.15, 0.2) is 0 Å². The summed E-state index contributed by atoms with van der Waals surface area (Å²) in [5, 5.41) is 3.45. The molecule has 0 aliphatic carbocycles. The van der Waals surface area contributed by atoms with Gasteiger partial charge in [-0.05, 0) is 26.4 Å². The monoisotopic (exact) mass is 257 g/mol. The van der Waals surface area contributed by atoms with Gasteiger partial charge in [-0.25, -0.2) is 0 Å². The topological polar surface area (TPSA) is 27.7 Å². The average Bonchev–Trinajstić information content (AvgIpc) is 2.86. The summed E-state index contributed by atoms with van der Waals surface area (Å²) in [6, 6.07) is 1.39. The van der Waals surface area contributed by atoms with Crippen LogP contribution in [0.5, 0.6) is 0 Å². The maximum Gasteiger partial charge on any atom is 0.0587 e. The fourth-order valence-electron chi connectivity index (χ4n) is 2.82. The Labute approximate surface area is 113 Å². The summed E-state index contributed by atoms with van der Waals surface area (Å²) in [6.45, 7) is 14.5. The lowest BCUT2D eigenvalue weighted by atomic mass is 10.2. The molecule has 0 aromatic carbocycles. The van der Waals surface area contributed by atoms with Gasteiger partial charge in [-0.3, -0.25) is 9.80 Å². The number of hydrogen-bond acceptors (Lipinski definition) is 4. The first kappa shape index (κ1) is 15.9. The molecule has 0 amide bonds. The van der Waals surface area contributed by atoms with E-state index in [0.29, 0.717) is 6.04 Å². The van der Waals surface area contributed by atoms with Gasteiger partial charge in [0.05, 0.1) is 6.61 Å². The first-order valence-electron chi connectivity index (χ1n) is 7.40. The van der Waals surface area contributed by atoms with Crippen LogP contribution in [0, 0.1) is 0 Å². The number of nitrogens with one attached hydrogen (secondary N) is 1. The van der Waals surface area contributed by atoms with Crippen LogP contribution in [0.3, 0.4) is 0 Å². The molecule has 1 heterocycles. The molecule has 0 bridgehead atoms. The Morgan fingerprint density at radius 2 is 2.11 bits per heavy atom. The molecule has 0 spiro atoms. The second kappa shape index (κ2) is 8.86. The summed E-state index contributed by atoms with van der Waals surface area (Å²) in [5.74, 6) is 0. The first-order valence-corrected chi connectivity index (χ1v) is 7.40. The molecule has 18 heavy (non-hydrogen) atoms. The summed E-state index contributed by atoms with van der Waals surface area (Å²) in [4.78, 5) is 5.20. The van der Waals surface area contributed by atoms with Gasteiger partial charge in [-0.15, -0.1) is 0 Å². The summed E-state index contributed by atoms with van der Waals surface area (Å²) in [6.07, 6.45) is 1.32. The highest BCUT2D eigenvalue weighted by Gasteiger charge is 2.28. The molecule has 0 aromatic heterocycles. The largest absolute Gasteiger partial charge is 0.383 e. The molecule has 4 heteroatoms. The zero-order valence-electron chi connectivity index (χ0n) is 12.6. The van der Waals surface area contributed by atoms with Crippen LogP contribution in [-0.2, 0) is 4.74 Å². The second-order valence-corrected chi connectivity index (χ2v) is 5.20. The van der Waals surface area contributed by atoms with E-state index < -0.39 is 0 Å². The van der Waals surface area contributed by atoms with Crippen molar-refractivity contribution in [2.75, 3.05) is 53.0 Å². The number of methoxy groups -OCH3 is 1. The molecule has 2 unspecified atom stereocenters. The van der Waals surface area contributed by atoms with Gasteiger partial charge in [0.25, 0.3) is 0 Å². The van der Waals surface area contributed by atoms with Crippen molar-refractivity contribution in [1.29, 1.82) is 0 Å². The number of likely N-dealkylation sites (tertiary alicyclic amines) is 1. The standard InChI is InChI=1S/C14H31N3O/c1-5-16(6-2)14-7-9-17(12-14)13(3)11-15-8-10-18-4/h13-15H,5-12H2,1-4H3. The van der Waals surface area contributed by atoms with Gasteiger partial charge in [-0.2, -0.15) is 0 Å². The number of nitrogens with zero attached hydrogens (tertiary/aromatic N) is 2. The molecule has 0 saturated carbocycles. The lowest BCUT2D eigenvalue weighted by Crippen LogP contribution is -2.42. The number of likely N-dealkylation sites (N-methyl/N-ethyl adjacent to an activating group) is 1. The minimum Gasteiger partial charge on any atom is -0.383 e. The van der Waals surface area contributed by atoms with Gasteiger partial charge in [0.1, 0.15) is 0 Å². The molecule has 1 saturated heterocycles. The van der Waals surface area contributed by atoms with E-state index in [9.17, 15) is 0 Å². The predicted octanol–water partition coefficient (Wildman–Crippen LogP) is 1.03. The second-order valence-electron chi connectivity index (χ2n) is 5.20. The van der Waals surface area contributed by atoms with Crippen LogP contribution in [-0.4, -0.2) is 74.9 Å². The maximum atomic E-state index is 5.04. The third-order valence-electron chi connectivity index (χ3n) is 4.07. The molecule has 1 rings (SSSR count). The molecule has 1 aliphatic heterocycles. The van der Waals surface area contributed by atoms with Gasteiger partial charge in [0.2, 0.25) is 0 Å². The van der Waals surface area contributed by atoms with Crippen molar-refractivity contribution in [2.24, 2.45) is 0 Å². The maximum absolute atomic E-state index is 5.04. The third kappa shape index (κ3) is 4.84. The van der Waals surface area contributed by atoms with Crippen LogP contribution < -0.4 is 5.32 Å². The third-order valence-corrected chi connectivity index (χ3v) is 4.07. The highest BCUT2D eigenvalue weighted by molar-refractivity contribution is 4.85. The van der Waals surface area contributed by atoms with E-state index in [1.807, 2.05) is 0 Å². The van der Waals surface area contributed by atoms with E-state index in [0.717, 1.165) is 25.7 Å². The SMILES string of the molecule is CCN(CC)C1CCN(C(C)CNCCOC)C1. The minimum atomic E-state index is 0.627. The zero-order chi connectivity index (χ0) is 13.4. The van der Waals surface area contributed by atoms with Crippen LogP contribution in [0.25, 0.3) is 0 Å². The van der Waals surface area contributed by atoms with E-state index in [1.54, 1.807) is 7.11 Å². The first-order chi connectivity index (χ1) is 8.72. The van der Waals surface area contributed by atoms with Crippen molar-refractivity contribution in [1.82, 2.24) is 15.1 Å². The molecule has 0 aromatic rings. The van der Waals surface area contributed by atoms with E-state index in [2.05, 4.69) is 35.9 Å². The lowest BCUT2D eigenvalue weighted by molar-refractivity contribution is 0.180. The average molecular weight is 257 g/mol. The summed E-state index contributed by atoms with van der Waals surface area (Å²) >= 11 is 0. The number of hydrogen-bond donors (Lipinski definition) is 1. The summed E-state index contributed by atoms with van der Waals surface area (Å²) < 4.78 is 5.04. The van der Waals surface area contributed by atoms with Crippen molar-refractivity contribution in [2.45, 2.75) is 39.3 Å². The van der Waals surface area contributed by atoms with Crippen LogP contribution >= 0.6 is 0 Å². The lowest BCUT2D eigenvalue weighted by Gasteiger charge is -2.28. The van der Waals surface area contributed by atoms with E-state index >= 15 is 0 Å². The molecule has 4 nitrogen and oxygen atoms in total. The Hall–Kier alpha value is -0.160. The Balaban J connectivity index is 2.23. The number of rotatable bonds is 9. The van der Waals surface area contributed by atoms with Gasteiger partial charge in [-0.1, -0.05) is 13.8 Å². The van der Waals surface area contributed by atoms with Gasteiger partial charge in [0, 0.05) is 45.4 Å². The Kier molecular flexibility index (Phi) is 7.82. The quantitative estimate of drug-likeness (QED) is 0.624. The minimum absolute atomic E-state index is 0.627. The Morgan fingerprint density at radius 1 is 1.39 bits per heavy atom. The summed E-state index contributed by atoms with van der Waals surface area (Å²) in [7, 11) is 1.75. The predicted molar refractivity (Wildman–Crippen MR) is 77.1 cm³/mol. The smallest absolute Gasteiger partial charge is 0.0587 e. The van der Waals surface area contributed by atoms with Crippen molar-refractivity contribution < 1.29 is 4.74 Å². The molecule has 1 aliphatic rings. The Morgan fingerprint density at radius 3 is 2.72 bits per heavy atom. The van der Waals surface area contributed by atoms with Crippen molar-refractivity contribution in [3.05, 3.63) is 0 Å². The van der Waals surface area contributed by atoms with E-state index in [4.69, 9.17) is 4.74 Å². The van der Waals surface area contributed by atoms with Crippen molar-refractivity contribution in [3.8, 4) is 0 Å². The highest BCUT2D eigenvalue weighted by atomic mass is 16.5. The molecule has 108 valence electrons. The van der Waals surface area contributed by atoms with Crippen LogP contribution in [0.15, 0.2) is 0 Å². The van der Waals surface area contributed by atoms with E-state index in [-0.39, 0.29) is 0 Å². The fourth-order valence-corrected chi connectivity index (χ4v) is 2.82. The summed E-state index contributed by atoms with van der Waals surface area (Å²) in [5.41, 5.74) is 0. The highest BCUT2D eigenvalue weighted by Crippen LogP contribution is 2.17. The molecule has 1 N–H and O–H groups in total. The van der Waals surface area contributed by atoms with Crippen LogP contribution in [0.1, 0.15) is 27.2 Å². The van der Waals surface area contributed by atoms with Gasteiger partial charge >= 0.3 is 0 Å². The normalized spacial score (nSPS) is 22.8.